The van der Waals surface area contributed by atoms with Gasteiger partial charge in [-0.2, -0.15) is 0 Å². The molecule has 0 saturated carbocycles. The summed E-state index contributed by atoms with van der Waals surface area (Å²) < 4.78 is 0. The zero-order chi connectivity index (χ0) is 10.1. The zero-order valence-corrected chi connectivity index (χ0v) is 9.24. The van der Waals surface area contributed by atoms with Crippen LogP contribution >= 0.6 is 22.7 Å². The van der Waals surface area contributed by atoms with Gasteiger partial charge in [-0.05, 0) is 30.5 Å². The van der Waals surface area contributed by atoms with Gasteiger partial charge >= 0.3 is 0 Å². The number of hydrogen-bond acceptors (Lipinski definition) is 3. The summed E-state index contributed by atoms with van der Waals surface area (Å²) in [4.78, 5) is 14.1. The summed E-state index contributed by atoms with van der Waals surface area (Å²) in [7, 11) is 0. The lowest BCUT2D eigenvalue weighted by molar-refractivity contribution is 0.100. The number of aryl methyl sites for hydroxylation is 1. The van der Waals surface area contributed by atoms with Crippen molar-refractivity contribution >= 4 is 28.6 Å². The summed E-state index contributed by atoms with van der Waals surface area (Å²) in [6.07, 6.45) is 0. The van der Waals surface area contributed by atoms with Crippen LogP contribution in [0.15, 0.2) is 23.6 Å². The number of carbonyl (C=O) groups is 1. The monoisotopic (exact) mass is 223 g/mol. The van der Waals surface area contributed by atoms with Crippen LogP contribution in [0, 0.1) is 6.92 Å². The highest BCUT2D eigenvalue weighted by molar-refractivity contribution is 7.16. The Morgan fingerprint density at radius 1 is 1.36 bits per heavy atom. The summed E-state index contributed by atoms with van der Waals surface area (Å²) in [6.45, 7) is 2.05. The second-order valence-electron chi connectivity index (χ2n) is 2.94. The number of hydrogen-bond donors (Lipinski definition) is 1. The molecular formula is C10H9NOS2. The molecule has 0 saturated heterocycles. The SMILES string of the molecule is Cc1ccc(-c2ccsc2C(N)=O)s1. The molecule has 0 fully saturated rings. The van der Waals surface area contributed by atoms with Crippen LogP contribution in [0.25, 0.3) is 10.4 Å². The standard InChI is InChI=1S/C10H9NOS2/c1-6-2-3-8(14-6)7-4-5-13-9(7)10(11)12/h2-5H,1H3,(H2,11,12). The molecule has 0 unspecified atom stereocenters. The minimum atomic E-state index is -0.346. The van der Waals surface area contributed by atoms with E-state index in [0.717, 1.165) is 10.4 Å². The Balaban J connectivity index is 2.51. The minimum absolute atomic E-state index is 0.346. The van der Waals surface area contributed by atoms with E-state index in [9.17, 15) is 4.79 Å². The van der Waals surface area contributed by atoms with Crippen LogP contribution in [0.1, 0.15) is 14.5 Å². The molecule has 2 heterocycles. The summed E-state index contributed by atoms with van der Waals surface area (Å²) in [5.74, 6) is -0.346. The fourth-order valence-corrected chi connectivity index (χ4v) is 3.00. The summed E-state index contributed by atoms with van der Waals surface area (Å²) in [6, 6.07) is 6.01. The highest BCUT2D eigenvalue weighted by atomic mass is 32.1. The van der Waals surface area contributed by atoms with E-state index in [1.807, 2.05) is 30.5 Å². The van der Waals surface area contributed by atoms with E-state index in [1.165, 1.54) is 16.2 Å². The molecule has 0 bridgehead atoms. The molecule has 2 N–H and O–H groups in total. The van der Waals surface area contributed by atoms with Crippen molar-refractivity contribution < 1.29 is 4.79 Å². The molecule has 0 aromatic carbocycles. The summed E-state index contributed by atoms with van der Waals surface area (Å²) in [5.41, 5.74) is 6.24. The Hall–Kier alpha value is -1.13. The van der Waals surface area contributed by atoms with E-state index in [-0.39, 0.29) is 5.91 Å². The fraction of sp³-hybridized carbons (Fsp3) is 0.100. The zero-order valence-electron chi connectivity index (χ0n) is 7.61. The number of thiophene rings is 2. The van der Waals surface area contributed by atoms with Crippen molar-refractivity contribution in [1.82, 2.24) is 0 Å². The van der Waals surface area contributed by atoms with Gasteiger partial charge in [0.2, 0.25) is 0 Å². The summed E-state index contributed by atoms with van der Waals surface area (Å²) in [5, 5.41) is 1.89. The molecule has 14 heavy (non-hydrogen) atoms. The lowest BCUT2D eigenvalue weighted by Crippen LogP contribution is -2.09. The van der Waals surface area contributed by atoms with Crippen LogP contribution < -0.4 is 5.73 Å². The minimum Gasteiger partial charge on any atom is -0.365 e. The lowest BCUT2D eigenvalue weighted by atomic mass is 10.2. The first kappa shape index (κ1) is 9.43. The van der Waals surface area contributed by atoms with Crippen LogP contribution in [0.4, 0.5) is 0 Å². The number of primary amides is 1. The Kier molecular flexibility index (Phi) is 2.39. The van der Waals surface area contributed by atoms with Gasteiger partial charge < -0.3 is 5.73 Å². The number of rotatable bonds is 2. The molecule has 0 aliphatic heterocycles. The smallest absolute Gasteiger partial charge is 0.259 e. The Labute approximate surface area is 90.0 Å². The molecule has 0 spiro atoms. The molecule has 72 valence electrons. The predicted octanol–water partition coefficient (Wildman–Crippen LogP) is 2.88. The van der Waals surface area contributed by atoms with Crippen molar-refractivity contribution in [2.75, 3.05) is 0 Å². The molecule has 2 aromatic rings. The average molecular weight is 223 g/mol. The number of carbonyl (C=O) groups excluding carboxylic acids is 1. The van der Waals surface area contributed by atoms with Crippen molar-refractivity contribution in [3.63, 3.8) is 0 Å². The maximum atomic E-state index is 11.1. The van der Waals surface area contributed by atoms with E-state index in [4.69, 9.17) is 5.73 Å². The molecule has 4 heteroatoms. The molecule has 2 rings (SSSR count). The first-order valence-electron chi connectivity index (χ1n) is 4.12. The van der Waals surface area contributed by atoms with Gasteiger partial charge in [0.05, 0.1) is 0 Å². The van der Waals surface area contributed by atoms with Gasteiger partial charge in [-0.1, -0.05) is 0 Å². The van der Waals surface area contributed by atoms with Crippen LogP contribution in [-0.2, 0) is 0 Å². The third-order valence-electron chi connectivity index (χ3n) is 1.89. The lowest BCUT2D eigenvalue weighted by Gasteiger charge is -1.95. The van der Waals surface area contributed by atoms with Crippen molar-refractivity contribution in [3.8, 4) is 10.4 Å². The van der Waals surface area contributed by atoms with Gasteiger partial charge in [0, 0.05) is 15.3 Å². The molecule has 1 amide bonds. The van der Waals surface area contributed by atoms with E-state index in [2.05, 4.69) is 0 Å². The average Bonchev–Trinajstić information content (AvgIpc) is 2.70. The maximum absolute atomic E-state index is 11.1. The molecule has 0 atom stereocenters. The van der Waals surface area contributed by atoms with Gasteiger partial charge in [-0.25, -0.2) is 0 Å². The normalized spacial score (nSPS) is 10.4. The largest absolute Gasteiger partial charge is 0.365 e. The van der Waals surface area contributed by atoms with Gasteiger partial charge in [0.15, 0.2) is 0 Å². The molecule has 0 aliphatic rings. The topological polar surface area (TPSA) is 43.1 Å². The van der Waals surface area contributed by atoms with Gasteiger partial charge in [0.1, 0.15) is 4.88 Å². The highest BCUT2D eigenvalue weighted by Gasteiger charge is 2.12. The first-order valence-corrected chi connectivity index (χ1v) is 5.82. The van der Waals surface area contributed by atoms with Gasteiger partial charge in [-0.15, -0.1) is 22.7 Å². The van der Waals surface area contributed by atoms with Gasteiger partial charge in [0.25, 0.3) is 5.91 Å². The van der Waals surface area contributed by atoms with Crippen molar-refractivity contribution in [1.29, 1.82) is 0 Å². The number of nitrogens with two attached hydrogens (primary N) is 1. The second-order valence-corrected chi connectivity index (χ2v) is 5.14. The number of amides is 1. The summed E-state index contributed by atoms with van der Waals surface area (Å²) >= 11 is 3.07. The maximum Gasteiger partial charge on any atom is 0.259 e. The van der Waals surface area contributed by atoms with Crippen molar-refractivity contribution in [3.05, 3.63) is 33.3 Å². The Morgan fingerprint density at radius 3 is 2.71 bits per heavy atom. The quantitative estimate of drug-likeness (QED) is 0.835. The van der Waals surface area contributed by atoms with E-state index in [0.29, 0.717) is 4.88 Å². The molecular weight excluding hydrogens is 214 g/mol. The third kappa shape index (κ3) is 1.58. The van der Waals surface area contributed by atoms with Crippen molar-refractivity contribution in [2.24, 2.45) is 5.73 Å². The molecule has 0 radical (unpaired) electrons. The Bertz CT molecular complexity index is 470. The van der Waals surface area contributed by atoms with Crippen LogP contribution in [-0.4, -0.2) is 5.91 Å². The predicted molar refractivity (Wildman–Crippen MR) is 60.9 cm³/mol. The van der Waals surface area contributed by atoms with Crippen LogP contribution in [0.5, 0.6) is 0 Å². The first-order chi connectivity index (χ1) is 6.68. The van der Waals surface area contributed by atoms with Crippen LogP contribution in [0.2, 0.25) is 0 Å². The second kappa shape index (κ2) is 3.55. The molecule has 0 aliphatic carbocycles. The molecule has 2 aromatic heterocycles. The van der Waals surface area contributed by atoms with Crippen LogP contribution in [0.3, 0.4) is 0 Å². The van der Waals surface area contributed by atoms with E-state index < -0.39 is 0 Å². The van der Waals surface area contributed by atoms with Gasteiger partial charge in [-0.3, -0.25) is 4.79 Å². The third-order valence-corrected chi connectivity index (χ3v) is 3.86. The molecule has 2 nitrogen and oxygen atoms in total. The van der Waals surface area contributed by atoms with E-state index in [1.54, 1.807) is 11.3 Å². The fourth-order valence-electron chi connectivity index (χ4n) is 1.27. The highest BCUT2D eigenvalue weighted by Crippen LogP contribution is 2.32. The Morgan fingerprint density at radius 2 is 2.14 bits per heavy atom. The van der Waals surface area contributed by atoms with E-state index >= 15 is 0 Å². The van der Waals surface area contributed by atoms with Crippen molar-refractivity contribution in [2.45, 2.75) is 6.92 Å².